The number of hydrogen-bond donors (Lipinski definition) is 1. The fourth-order valence-electron chi connectivity index (χ4n) is 4.26. The number of nitrogens with one attached hydrogen (secondary N) is 1. The Morgan fingerprint density at radius 2 is 1.57 bits per heavy atom. The summed E-state index contributed by atoms with van der Waals surface area (Å²) in [7, 11) is -4.22. The second-order valence-corrected chi connectivity index (χ2v) is 12.7. The van der Waals surface area contributed by atoms with Crippen molar-refractivity contribution in [3.63, 3.8) is 0 Å². The molecule has 7 nitrogen and oxygen atoms in total. The number of rotatable bonds is 12. The number of sulfonamides is 1. The van der Waals surface area contributed by atoms with Crippen LogP contribution in [0.3, 0.4) is 0 Å². The van der Waals surface area contributed by atoms with Crippen molar-refractivity contribution in [3.05, 3.63) is 101 Å². The zero-order valence-corrected chi connectivity index (χ0v) is 25.0. The van der Waals surface area contributed by atoms with Gasteiger partial charge in [0, 0.05) is 24.5 Å². The van der Waals surface area contributed by atoms with Crippen LogP contribution >= 0.6 is 11.6 Å². The van der Waals surface area contributed by atoms with E-state index < -0.39 is 46.2 Å². The predicted molar refractivity (Wildman–Crippen MR) is 157 cm³/mol. The van der Waals surface area contributed by atoms with Gasteiger partial charge < -0.3 is 10.2 Å². The SMILES string of the molecule is CC(C)CNC(=O)[C@H](Cc1ccccc1)N(Cc1cccc(Cl)c1)C(=O)CN(c1cccc(C(F)(F)F)c1)S(C)(=O)=O. The van der Waals surface area contributed by atoms with Crippen LogP contribution in [-0.4, -0.2) is 50.5 Å². The van der Waals surface area contributed by atoms with Gasteiger partial charge in [0.05, 0.1) is 17.5 Å². The van der Waals surface area contributed by atoms with Crippen molar-refractivity contribution in [1.82, 2.24) is 10.2 Å². The molecule has 0 heterocycles. The first-order valence-electron chi connectivity index (χ1n) is 13.2. The first-order valence-corrected chi connectivity index (χ1v) is 15.4. The number of nitrogens with zero attached hydrogens (tertiary/aromatic N) is 2. The van der Waals surface area contributed by atoms with Crippen LogP contribution < -0.4 is 9.62 Å². The van der Waals surface area contributed by atoms with Crippen LogP contribution in [0, 0.1) is 5.92 Å². The summed E-state index contributed by atoms with van der Waals surface area (Å²) in [5.41, 5.74) is -0.0568. The molecule has 0 radical (unpaired) electrons. The molecule has 3 rings (SSSR count). The maximum absolute atomic E-state index is 14.0. The molecule has 3 aromatic rings. The van der Waals surface area contributed by atoms with Crippen LogP contribution in [0.2, 0.25) is 5.02 Å². The molecule has 226 valence electrons. The van der Waals surface area contributed by atoms with Gasteiger partial charge in [-0.05, 0) is 47.4 Å². The highest BCUT2D eigenvalue weighted by molar-refractivity contribution is 7.92. The van der Waals surface area contributed by atoms with Crippen LogP contribution in [0.15, 0.2) is 78.9 Å². The molecular weight excluding hydrogens is 591 g/mol. The zero-order chi connectivity index (χ0) is 31.1. The summed E-state index contributed by atoms with van der Waals surface area (Å²) < 4.78 is 66.5. The molecule has 1 N–H and O–H groups in total. The number of anilines is 1. The highest BCUT2D eigenvalue weighted by Crippen LogP contribution is 2.32. The topological polar surface area (TPSA) is 86.8 Å². The Labute approximate surface area is 249 Å². The normalized spacial score (nSPS) is 12.6. The first-order chi connectivity index (χ1) is 19.6. The average Bonchev–Trinajstić information content (AvgIpc) is 2.91. The summed E-state index contributed by atoms with van der Waals surface area (Å²) in [6.45, 7) is 3.24. The Bertz CT molecular complexity index is 1480. The van der Waals surface area contributed by atoms with Crippen LogP contribution in [0.25, 0.3) is 0 Å². The van der Waals surface area contributed by atoms with Gasteiger partial charge in [0.2, 0.25) is 21.8 Å². The van der Waals surface area contributed by atoms with Crippen molar-refractivity contribution in [2.24, 2.45) is 5.92 Å². The number of halogens is 4. The summed E-state index contributed by atoms with van der Waals surface area (Å²) in [6.07, 6.45) is -3.81. The van der Waals surface area contributed by atoms with E-state index in [0.29, 0.717) is 27.5 Å². The van der Waals surface area contributed by atoms with Crippen LogP contribution in [0.5, 0.6) is 0 Å². The molecule has 0 unspecified atom stereocenters. The lowest BCUT2D eigenvalue weighted by atomic mass is 10.0. The standard InChI is InChI=1S/C30H33ClF3N3O4S/c1-21(2)18-35-29(39)27(16-22-9-5-4-6-10-22)36(19-23-11-7-13-25(31)15-23)28(38)20-37(42(3,40)41)26-14-8-12-24(17-26)30(32,33)34/h4-15,17,21,27H,16,18-20H2,1-3H3,(H,35,39)/t27-/m0/s1. The lowest BCUT2D eigenvalue weighted by Gasteiger charge is -2.33. The van der Waals surface area contributed by atoms with Gasteiger partial charge in [0.1, 0.15) is 12.6 Å². The van der Waals surface area contributed by atoms with Crippen molar-refractivity contribution in [1.29, 1.82) is 0 Å². The number of hydrogen-bond acceptors (Lipinski definition) is 4. The van der Waals surface area contributed by atoms with Gasteiger partial charge in [0.15, 0.2) is 0 Å². The molecule has 0 bridgehead atoms. The second kappa shape index (κ2) is 14.1. The Morgan fingerprint density at radius 3 is 2.17 bits per heavy atom. The molecule has 0 aliphatic heterocycles. The molecule has 0 saturated carbocycles. The minimum atomic E-state index is -4.73. The van der Waals surface area contributed by atoms with Gasteiger partial charge in [-0.3, -0.25) is 13.9 Å². The summed E-state index contributed by atoms with van der Waals surface area (Å²) in [4.78, 5) is 28.8. The van der Waals surface area contributed by atoms with Crippen LogP contribution in [0.4, 0.5) is 18.9 Å². The molecule has 0 aromatic heterocycles. The number of carbonyl (C=O) groups excluding carboxylic acids is 2. The third-order valence-electron chi connectivity index (χ3n) is 6.34. The Kier molecular flexibility index (Phi) is 11.0. The third-order valence-corrected chi connectivity index (χ3v) is 7.71. The van der Waals surface area contributed by atoms with Crippen molar-refractivity contribution >= 4 is 39.1 Å². The molecule has 0 spiro atoms. The average molecular weight is 624 g/mol. The monoisotopic (exact) mass is 623 g/mol. The van der Waals surface area contributed by atoms with Crippen molar-refractivity contribution in [2.45, 2.75) is 39.0 Å². The number of benzene rings is 3. The highest BCUT2D eigenvalue weighted by Gasteiger charge is 2.35. The molecular formula is C30H33ClF3N3O4S. The molecule has 3 aromatic carbocycles. The van der Waals surface area contributed by atoms with Crippen molar-refractivity contribution in [3.8, 4) is 0 Å². The Hall–Kier alpha value is -3.57. The molecule has 0 saturated heterocycles. The quantitative estimate of drug-likeness (QED) is 0.287. The fourth-order valence-corrected chi connectivity index (χ4v) is 5.31. The molecule has 0 aliphatic carbocycles. The van der Waals surface area contributed by atoms with Gasteiger partial charge in [0.25, 0.3) is 0 Å². The van der Waals surface area contributed by atoms with Crippen molar-refractivity contribution < 1.29 is 31.2 Å². The Balaban J connectivity index is 2.07. The molecule has 0 aliphatic rings. The van der Waals surface area contributed by atoms with Gasteiger partial charge in [-0.15, -0.1) is 0 Å². The number of carbonyl (C=O) groups is 2. The van der Waals surface area contributed by atoms with E-state index in [1.54, 1.807) is 48.5 Å². The van der Waals surface area contributed by atoms with Gasteiger partial charge in [-0.25, -0.2) is 8.42 Å². The number of alkyl halides is 3. The van der Waals surface area contributed by atoms with Crippen LogP contribution in [-0.2, 0) is 38.8 Å². The third kappa shape index (κ3) is 9.49. The lowest BCUT2D eigenvalue weighted by Crippen LogP contribution is -2.53. The molecule has 12 heteroatoms. The second-order valence-electron chi connectivity index (χ2n) is 10.3. The van der Waals surface area contributed by atoms with Gasteiger partial charge in [-0.2, -0.15) is 13.2 Å². The van der Waals surface area contributed by atoms with E-state index in [-0.39, 0.29) is 24.6 Å². The summed E-state index contributed by atoms with van der Waals surface area (Å²) in [6, 6.07) is 18.3. The maximum Gasteiger partial charge on any atom is 0.416 e. The predicted octanol–water partition coefficient (Wildman–Crippen LogP) is 5.54. The molecule has 2 amide bonds. The number of amides is 2. The van der Waals surface area contributed by atoms with E-state index in [1.807, 2.05) is 19.9 Å². The van der Waals surface area contributed by atoms with E-state index in [2.05, 4.69) is 5.32 Å². The van der Waals surface area contributed by atoms with E-state index in [9.17, 15) is 31.2 Å². The molecule has 1 atom stereocenters. The first kappa shape index (κ1) is 32.9. The largest absolute Gasteiger partial charge is 0.416 e. The molecule has 0 fully saturated rings. The van der Waals surface area contributed by atoms with Gasteiger partial charge >= 0.3 is 6.18 Å². The van der Waals surface area contributed by atoms with E-state index in [0.717, 1.165) is 24.0 Å². The summed E-state index contributed by atoms with van der Waals surface area (Å²) in [5, 5.41) is 3.25. The minimum absolute atomic E-state index is 0.105. The van der Waals surface area contributed by atoms with Crippen molar-refractivity contribution in [2.75, 3.05) is 23.7 Å². The summed E-state index contributed by atoms with van der Waals surface area (Å²) >= 11 is 6.18. The maximum atomic E-state index is 14.0. The minimum Gasteiger partial charge on any atom is -0.354 e. The van der Waals surface area contributed by atoms with Crippen LogP contribution in [0.1, 0.15) is 30.5 Å². The molecule has 42 heavy (non-hydrogen) atoms. The van der Waals surface area contributed by atoms with E-state index >= 15 is 0 Å². The van der Waals surface area contributed by atoms with Gasteiger partial charge in [-0.1, -0.05) is 74.0 Å². The fraction of sp³-hybridized carbons (Fsp3) is 0.333. The zero-order valence-electron chi connectivity index (χ0n) is 23.4. The van der Waals surface area contributed by atoms with E-state index in [4.69, 9.17) is 11.6 Å². The Morgan fingerprint density at radius 1 is 0.929 bits per heavy atom. The lowest BCUT2D eigenvalue weighted by molar-refractivity contribution is -0.140. The van der Waals surface area contributed by atoms with E-state index in [1.165, 1.54) is 11.0 Å². The summed E-state index contributed by atoms with van der Waals surface area (Å²) in [5.74, 6) is -1.11. The smallest absolute Gasteiger partial charge is 0.354 e. The highest BCUT2D eigenvalue weighted by atomic mass is 35.5.